The van der Waals surface area contributed by atoms with Crippen LogP contribution in [0.5, 0.6) is 0 Å². The van der Waals surface area contributed by atoms with Gasteiger partial charge in [0.1, 0.15) is 0 Å². The lowest BCUT2D eigenvalue weighted by molar-refractivity contribution is 0.349. The molecule has 21 heavy (non-hydrogen) atoms. The lowest BCUT2D eigenvalue weighted by Gasteiger charge is -2.24. The molecular weight excluding hydrogens is 322 g/mol. The van der Waals surface area contributed by atoms with E-state index in [4.69, 9.17) is 0 Å². The molecule has 0 bridgehead atoms. The van der Waals surface area contributed by atoms with Crippen molar-refractivity contribution in [2.24, 2.45) is 5.92 Å². The summed E-state index contributed by atoms with van der Waals surface area (Å²) in [4.78, 5) is 0. The van der Waals surface area contributed by atoms with Gasteiger partial charge in [-0.1, -0.05) is 73.5 Å². The monoisotopic (exact) mass is 351 g/mol. The van der Waals surface area contributed by atoms with Crippen molar-refractivity contribution in [2.45, 2.75) is 70.8 Å². The predicted molar refractivity (Wildman–Crippen MR) is 95.7 cm³/mol. The summed E-state index contributed by atoms with van der Waals surface area (Å²) in [5.41, 5.74) is 1.46. The van der Waals surface area contributed by atoms with E-state index < -0.39 is 0 Å². The summed E-state index contributed by atoms with van der Waals surface area (Å²) < 4.78 is 1.17. The van der Waals surface area contributed by atoms with Crippen LogP contribution in [0.2, 0.25) is 0 Å². The molecule has 0 radical (unpaired) electrons. The van der Waals surface area contributed by atoms with E-state index in [0.717, 1.165) is 12.5 Å². The number of benzene rings is 1. The van der Waals surface area contributed by atoms with Gasteiger partial charge < -0.3 is 5.32 Å². The fourth-order valence-corrected chi connectivity index (χ4v) is 3.76. The van der Waals surface area contributed by atoms with Crippen LogP contribution in [0.3, 0.4) is 0 Å². The highest BCUT2D eigenvalue weighted by Gasteiger charge is 2.18. The second kappa shape index (κ2) is 9.63. The van der Waals surface area contributed by atoms with Gasteiger partial charge in [0.2, 0.25) is 0 Å². The van der Waals surface area contributed by atoms with Crippen LogP contribution < -0.4 is 5.32 Å². The maximum absolute atomic E-state index is 3.79. The highest BCUT2D eigenvalue weighted by molar-refractivity contribution is 9.10. The van der Waals surface area contributed by atoms with Crippen molar-refractivity contribution in [3.63, 3.8) is 0 Å². The van der Waals surface area contributed by atoms with Crippen LogP contribution in [-0.4, -0.2) is 12.6 Å². The summed E-state index contributed by atoms with van der Waals surface area (Å²) in [7, 11) is 0. The van der Waals surface area contributed by atoms with Crippen molar-refractivity contribution >= 4 is 15.9 Å². The Kier molecular flexibility index (Phi) is 7.81. The van der Waals surface area contributed by atoms with E-state index >= 15 is 0 Å². The minimum absolute atomic E-state index is 0.647. The minimum Gasteiger partial charge on any atom is -0.314 e. The van der Waals surface area contributed by atoms with Crippen LogP contribution >= 0.6 is 15.9 Å². The standard InChI is InChI=1S/C19H30BrN/c1-2-13-21-19(14-16-7-5-3-4-6-8-16)15-17-9-11-18(20)12-10-17/h9-12,16,19,21H,2-8,13-15H2,1H3. The van der Waals surface area contributed by atoms with E-state index in [1.807, 2.05) is 0 Å². The lowest BCUT2D eigenvalue weighted by atomic mass is 9.90. The third-order valence-electron chi connectivity index (χ3n) is 4.67. The van der Waals surface area contributed by atoms with Crippen LogP contribution in [-0.2, 0) is 6.42 Å². The van der Waals surface area contributed by atoms with Crippen molar-refractivity contribution in [1.29, 1.82) is 0 Å². The number of hydrogen-bond donors (Lipinski definition) is 1. The van der Waals surface area contributed by atoms with Crippen molar-refractivity contribution in [2.75, 3.05) is 6.54 Å². The molecule has 1 saturated carbocycles. The molecule has 2 rings (SSSR count). The summed E-state index contributed by atoms with van der Waals surface area (Å²) in [6.45, 7) is 3.41. The molecule has 0 saturated heterocycles. The first-order chi connectivity index (χ1) is 10.3. The maximum Gasteiger partial charge on any atom is 0.0175 e. The molecule has 0 aromatic heterocycles. The van der Waals surface area contributed by atoms with Gasteiger partial charge in [-0.2, -0.15) is 0 Å². The highest BCUT2D eigenvalue weighted by Crippen LogP contribution is 2.27. The van der Waals surface area contributed by atoms with Gasteiger partial charge in [-0.05, 0) is 49.4 Å². The molecule has 0 aliphatic heterocycles. The Labute approximate surface area is 139 Å². The van der Waals surface area contributed by atoms with Gasteiger partial charge in [-0.3, -0.25) is 0 Å². The molecule has 0 amide bonds. The average molecular weight is 352 g/mol. The third-order valence-corrected chi connectivity index (χ3v) is 5.20. The number of rotatable bonds is 7. The van der Waals surface area contributed by atoms with Gasteiger partial charge in [-0.15, -0.1) is 0 Å². The Morgan fingerprint density at radius 1 is 1.10 bits per heavy atom. The van der Waals surface area contributed by atoms with Crippen molar-refractivity contribution in [3.05, 3.63) is 34.3 Å². The smallest absolute Gasteiger partial charge is 0.0175 e. The molecule has 1 unspecified atom stereocenters. The molecule has 118 valence electrons. The molecule has 0 spiro atoms. The molecule has 1 aliphatic carbocycles. The fourth-order valence-electron chi connectivity index (χ4n) is 3.49. The first-order valence-corrected chi connectivity index (χ1v) is 9.55. The summed E-state index contributed by atoms with van der Waals surface area (Å²) in [5.74, 6) is 0.942. The zero-order valence-electron chi connectivity index (χ0n) is 13.4. The Morgan fingerprint density at radius 2 is 1.76 bits per heavy atom. The second-order valence-corrected chi connectivity index (χ2v) is 7.49. The quantitative estimate of drug-likeness (QED) is 0.619. The first-order valence-electron chi connectivity index (χ1n) is 8.75. The molecule has 1 aromatic carbocycles. The Hall–Kier alpha value is -0.340. The zero-order chi connectivity index (χ0) is 14.9. The van der Waals surface area contributed by atoms with Crippen LogP contribution in [0.15, 0.2) is 28.7 Å². The molecule has 0 heterocycles. The number of halogens is 1. The van der Waals surface area contributed by atoms with Gasteiger partial charge in [0.05, 0.1) is 0 Å². The fraction of sp³-hybridized carbons (Fsp3) is 0.684. The van der Waals surface area contributed by atoms with E-state index in [1.165, 1.54) is 67.8 Å². The van der Waals surface area contributed by atoms with E-state index in [2.05, 4.69) is 52.4 Å². The molecule has 1 nitrogen and oxygen atoms in total. The highest BCUT2D eigenvalue weighted by atomic mass is 79.9. The maximum atomic E-state index is 3.79. The molecule has 1 N–H and O–H groups in total. The largest absolute Gasteiger partial charge is 0.314 e. The summed E-state index contributed by atoms with van der Waals surface area (Å²) in [5, 5.41) is 3.79. The summed E-state index contributed by atoms with van der Waals surface area (Å²) >= 11 is 3.53. The van der Waals surface area contributed by atoms with Gasteiger partial charge >= 0.3 is 0 Å². The van der Waals surface area contributed by atoms with Crippen LogP contribution in [0, 0.1) is 5.92 Å². The molecule has 1 aromatic rings. The topological polar surface area (TPSA) is 12.0 Å². The Bertz CT molecular complexity index is 379. The van der Waals surface area contributed by atoms with E-state index in [1.54, 1.807) is 0 Å². The zero-order valence-corrected chi connectivity index (χ0v) is 15.0. The normalized spacial score (nSPS) is 18.4. The Balaban J connectivity index is 1.91. The first kappa shape index (κ1) is 17.0. The van der Waals surface area contributed by atoms with E-state index in [-0.39, 0.29) is 0 Å². The molecular formula is C19H30BrN. The summed E-state index contributed by atoms with van der Waals surface area (Å²) in [6.07, 6.45) is 12.5. The molecule has 1 aliphatic rings. The van der Waals surface area contributed by atoms with Crippen molar-refractivity contribution in [3.8, 4) is 0 Å². The second-order valence-electron chi connectivity index (χ2n) is 6.57. The van der Waals surface area contributed by atoms with E-state index in [0.29, 0.717) is 6.04 Å². The average Bonchev–Trinajstić information content (AvgIpc) is 2.76. The molecule has 1 atom stereocenters. The molecule has 1 fully saturated rings. The van der Waals surface area contributed by atoms with Crippen LogP contribution in [0.4, 0.5) is 0 Å². The van der Waals surface area contributed by atoms with Crippen LogP contribution in [0.25, 0.3) is 0 Å². The molecule has 2 heteroatoms. The Morgan fingerprint density at radius 3 is 2.38 bits per heavy atom. The predicted octanol–water partition coefficient (Wildman–Crippen LogP) is 5.72. The van der Waals surface area contributed by atoms with Crippen molar-refractivity contribution < 1.29 is 0 Å². The third kappa shape index (κ3) is 6.52. The minimum atomic E-state index is 0.647. The van der Waals surface area contributed by atoms with Gasteiger partial charge in [0.25, 0.3) is 0 Å². The number of nitrogens with one attached hydrogen (secondary N) is 1. The SMILES string of the molecule is CCCNC(Cc1ccc(Br)cc1)CC1CCCCCC1. The van der Waals surface area contributed by atoms with Crippen LogP contribution in [0.1, 0.15) is 63.9 Å². The lowest BCUT2D eigenvalue weighted by Crippen LogP contribution is -2.33. The summed E-state index contributed by atoms with van der Waals surface area (Å²) in [6, 6.07) is 9.50. The number of hydrogen-bond acceptors (Lipinski definition) is 1. The van der Waals surface area contributed by atoms with Gasteiger partial charge in [-0.25, -0.2) is 0 Å². The van der Waals surface area contributed by atoms with Crippen molar-refractivity contribution in [1.82, 2.24) is 5.32 Å². The van der Waals surface area contributed by atoms with Gasteiger partial charge in [0, 0.05) is 10.5 Å². The van der Waals surface area contributed by atoms with E-state index in [9.17, 15) is 0 Å². The van der Waals surface area contributed by atoms with Gasteiger partial charge in [0.15, 0.2) is 0 Å².